The lowest BCUT2D eigenvalue weighted by atomic mass is 10.0. The molecule has 4 heteroatoms. The third-order valence-corrected chi connectivity index (χ3v) is 4.39. The minimum Gasteiger partial charge on any atom is -0.393 e. The standard InChI is InChI=1S/C17H23N3O/c1-20(11-14-8-5-9-16(14)21)12-15-10-18-19-17(15)13-6-3-2-4-7-13/h2-4,6-7,10,14,16,21H,5,8-9,11-12H2,1H3,(H,18,19). The lowest BCUT2D eigenvalue weighted by Gasteiger charge is -2.23. The maximum atomic E-state index is 9.95. The molecule has 1 aromatic carbocycles. The van der Waals surface area contributed by atoms with E-state index in [9.17, 15) is 5.11 Å². The molecule has 1 aromatic heterocycles. The van der Waals surface area contributed by atoms with Gasteiger partial charge >= 0.3 is 0 Å². The Kier molecular flexibility index (Phi) is 4.36. The van der Waals surface area contributed by atoms with E-state index in [0.29, 0.717) is 5.92 Å². The lowest BCUT2D eigenvalue weighted by Crippen LogP contribution is -2.29. The molecule has 2 unspecified atom stereocenters. The topological polar surface area (TPSA) is 52.2 Å². The fraction of sp³-hybridized carbons (Fsp3) is 0.471. The SMILES string of the molecule is CN(Cc1cn[nH]c1-c1ccccc1)CC1CCCC1O. The van der Waals surface area contributed by atoms with Gasteiger partial charge in [0.2, 0.25) is 0 Å². The molecule has 1 heterocycles. The third kappa shape index (κ3) is 3.34. The predicted molar refractivity (Wildman–Crippen MR) is 83.7 cm³/mol. The number of benzene rings is 1. The number of nitrogens with zero attached hydrogens (tertiary/aromatic N) is 2. The smallest absolute Gasteiger partial charge is 0.0695 e. The molecule has 0 bridgehead atoms. The van der Waals surface area contributed by atoms with Gasteiger partial charge in [0.1, 0.15) is 0 Å². The van der Waals surface area contributed by atoms with E-state index < -0.39 is 0 Å². The van der Waals surface area contributed by atoms with Gasteiger partial charge < -0.3 is 10.0 Å². The van der Waals surface area contributed by atoms with Crippen molar-refractivity contribution in [2.45, 2.75) is 31.9 Å². The average molecular weight is 285 g/mol. The Bertz CT molecular complexity index is 566. The minimum absolute atomic E-state index is 0.120. The second-order valence-corrected chi connectivity index (χ2v) is 6.09. The summed E-state index contributed by atoms with van der Waals surface area (Å²) in [6.07, 6.45) is 5.04. The van der Waals surface area contributed by atoms with Crippen LogP contribution in [0, 0.1) is 5.92 Å². The molecule has 0 amide bonds. The normalized spacial score (nSPS) is 22.0. The van der Waals surface area contributed by atoms with Crippen LogP contribution in [0.5, 0.6) is 0 Å². The van der Waals surface area contributed by atoms with Crippen LogP contribution in [0.25, 0.3) is 11.3 Å². The summed E-state index contributed by atoms with van der Waals surface area (Å²) in [7, 11) is 2.12. The molecular formula is C17H23N3O. The van der Waals surface area contributed by atoms with Gasteiger partial charge in [0, 0.05) is 18.7 Å². The summed E-state index contributed by atoms with van der Waals surface area (Å²) in [6, 6.07) is 10.3. The zero-order valence-electron chi connectivity index (χ0n) is 12.5. The fourth-order valence-corrected chi connectivity index (χ4v) is 3.27. The molecule has 0 aliphatic heterocycles. The molecule has 1 aliphatic carbocycles. The third-order valence-electron chi connectivity index (χ3n) is 4.39. The summed E-state index contributed by atoms with van der Waals surface area (Å²) >= 11 is 0. The monoisotopic (exact) mass is 285 g/mol. The first-order valence-corrected chi connectivity index (χ1v) is 7.68. The first-order valence-electron chi connectivity index (χ1n) is 7.68. The van der Waals surface area contributed by atoms with Gasteiger partial charge in [-0.1, -0.05) is 36.8 Å². The van der Waals surface area contributed by atoms with Crippen LogP contribution in [-0.2, 0) is 6.54 Å². The molecule has 4 nitrogen and oxygen atoms in total. The van der Waals surface area contributed by atoms with E-state index in [1.165, 1.54) is 11.1 Å². The number of nitrogens with one attached hydrogen (secondary N) is 1. The number of aromatic amines is 1. The summed E-state index contributed by atoms with van der Waals surface area (Å²) < 4.78 is 0. The molecule has 1 fully saturated rings. The summed E-state index contributed by atoms with van der Waals surface area (Å²) in [5, 5.41) is 17.3. The van der Waals surface area contributed by atoms with Gasteiger partial charge in [-0.25, -0.2) is 0 Å². The molecule has 21 heavy (non-hydrogen) atoms. The summed E-state index contributed by atoms with van der Waals surface area (Å²) in [5.41, 5.74) is 3.46. The molecule has 1 saturated carbocycles. The van der Waals surface area contributed by atoms with Crippen molar-refractivity contribution in [3.05, 3.63) is 42.1 Å². The van der Waals surface area contributed by atoms with Crippen LogP contribution in [0.3, 0.4) is 0 Å². The number of aliphatic hydroxyl groups excluding tert-OH is 1. The number of aliphatic hydroxyl groups is 1. The van der Waals surface area contributed by atoms with Gasteiger partial charge in [0.05, 0.1) is 18.0 Å². The first-order chi connectivity index (χ1) is 10.2. The molecule has 3 rings (SSSR count). The maximum Gasteiger partial charge on any atom is 0.0695 e. The quantitative estimate of drug-likeness (QED) is 0.888. The second-order valence-electron chi connectivity index (χ2n) is 6.09. The highest BCUT2D eigenvalue weighted by molar-refractivity contribution is 5.62. The average Bonchev–Trinajstić information content (AvgIpc) is 3.10. The number of aromatic nitrogens is 2. The Hall–Kier alpha value is -1.65. The van der Waals surface area contributed by atoms with E-state index in [-0.39, 0.29) is 6.10 Å². The highest BCUT2D eigenvalue weighted by atomic mass is 16.3. The molecule has 0 spiro atoms. The first kappa shape index (κ1) is 14.3. The van der Waals surface area contributed by atoms with Crippen LogP contribution < -0.4 is 0 Å². The number of H-pyrrole nitrogens is 1. The van der Waals surface area contributed by atoms with Crippen LogP contribution in [0.4, 0.5) is 0 Å². The highest BCUT2D eigenvalue weighted by Crippen LogP contribution is 2.27. The molecule has 0 saturated heterocycles. The van der Waals surface area contributed by atoms with Crippen molar-refractivity contribution in [2.24, 2.45) is 5.92 Å². The van der Waals surface area contributed by atoms with Gasteiger partial charge in [0.25, 0.3) is 0 Å². The van der Waals surface area contributed by atoms with Crippen LogP contribution >= 0.6 is 0 Å². The second kappa shape index (κ2) is 6.41. The van der Waals surface area contributed by atoms with E-state index in [4.69, 9.17) is 0 Å². The minimum atomic E-state index is -0.120. The maximum absolute atomic E-state index is 9.95. The van der Waals surface area contributed by atoms with Crippen molar-refractivity contribution in [2.75, 3.05) is 13.6 Å². The van der Waals surface area contributed by atoms with Crippen molar-refractivity contribution in [1.29, 1.82) is 0 Å². The Balaban J connectivity index is 1.67. The molecule has 0 radical (unpaired) electrons. The van der Waals surface area contributed by atoms with E-state index in [1.807, 2.05) is 24.4 Å². The van der Waals surface area contributed by atoms with Gasteiger partial charge in [0.15, 0.2) is 0 Å². The fourth-order valence-electron chi connectivity index (χ4n) is 3.27. The largest absolute Gasteiger partial charge is 0.393 e. The van der Waals surface area contributed by atoms with Crippen LogP contribution in [0.1, 0.15) is 24.8 Å². The van der Waals surface area contributed by atoms with Crippen molar-refractivity contribution in [1.82, 2.24) is 15.1 Å². The zero-order chi connectivity index (χ0) is 14.7. The van der Waals surface area contributed by atoms with Crippen molar-refractivity contribution in [3.8, 4) is 11.3 Å². The van der Waals surface area contributed by atoms with Gasteiger partial charge in [-0.15, -0.1) is 0 Å². The van der Waals surface area contributed by atoms with Crippen molar-refractivity contribution >= 4 is 0 Å². The Morgan fingerprint density at radius 1 is 1.29 bits per heavy atom. The van der Waals surface area contributed by atoms with Crippen LogP contribution in [0.15, 0.2) is 36.5 Å². The molecule has 2 N–H and O–H groups in total. The van der Waals surface area contributed by atoms with Crippen molar-refractivity contribution in [3.63, 3.8) is 0 Å². The molecule has 112 valence electrons. The Morgan fingerprint density at radius 2 is 2.10 bits per heavy atom. The summed E-state index contributed by atoms with van der Waals surface area (Å²) in [6.45, 7) is 1.80. The van der Waals surface area contributed by atoms with E-state index in [1.54, 1.807) is 0 Å². The Morgan fingerprint density at radius 3 is 2.81 bits per heavy atom. The van der Waals surface area contributed by atoms with Gasteiger partial charge in [-0.2, -0.15) is 5.10 Å². The molecule has 1 aliphatic rings. The molecular weight excluding hydrogens is 262 g/mol. The molecule has 2 atom stereocenters. The summed E-state index contributed by atoms with van der Waals surface area (Å²) in [4.78, 5) is 2.29. The van der Waals surface area contributed by atoms with E-state index in [2.05, 4.69) is 34.3 Å². The Labute approximate surface area is 125 Å². The van der Waals surface area contributed by atoms with Crippen LogP contribution in [-0.4, -0.2) is 39.9 Å². The zero-order valence-corrected chi connectivity index (χ0v) is 12.5. The number of hydrogen-bond acceptors (Lipinski definition) is 3. The predicted octanol–water partition coefficient (Wildman–Crippen LogP) is 2.67. The summed E-state index contributed by atoms with van der Waals surface area (Å²) in [5.74, 6) is 0.419. The lowest BCUT2D eigenvalue weighted by molar-refractivity contribution is 0.108. The van der Waals surface area contributed by atoms with E-state index >= 15 is 0 Å². The number of hydrogen-bond donors (Lipinski definition) is 2. The van der Waals surface area contributed by atoms with Gasteiger partial charge in [-0.05, 0) is 31.4 Å². The van der Waals surface area contributed by atoms with Gasteiger partial charge in [-0.3, -0.25) is 5.10 Å². The molecule has 2 aromatic rings. The van der Waals surface area contributed by atoms with Crippen LogP contribution in [0.2, 0.25) is 0 Å². The highest BCUT2D eigenvalue weighted by Gasteiger charge is 2.26. The van der Waals surface area contributed by atoms with E-state index in [0.717, 1.165) is 38.0 Å². The number of rotatable bonds is 5. The van der Waals surface area contributed by atoms with Crippen molar-refractivity contribution < 1.29 is 5.11 Å².